The molecular formula is C24H32N2O2. The molecule has 3 rings (SSSR count). The Bertz CT molecular complexity index is 790. The van der Waals surface area contributed by atoms with E-state index >= 15 is 0 Å². The van der Waals surface area contributed by atoms with Gasteiger partial charge in [0.15, 0.2) is 11.9 Å². The van der Waals surface area contributed by atoms with Crippen molar-refractivity contribution in [3.63, 3.8) is 0 Å². The Balaban J connectivity index is 0.000000878. The van der Waals surface area contributed by atoms with Crippen molar-refractivity contribution in [3.05, 3.63) is 72.2 Å². The number of aryl methyl sites for hydroxylation is 1. The lowest BCUT2D eigenvalue weighted by Crippen LogP contribution is -2.29. The molecule has 1 atom stereocenters. The summed E-state index contributed by atoms with van der Waals surface area (Å²) in [5, 5.41) is 3.45. The average molecular weight is 381 g/mol. The summed E-state index contributed by atoms with van der Waals surface area (Å²) >= 11 is 0. The van der Waals surface area contributed by atoms with Crippen molar-refractivity contribution in [1.29, 1.82) is 0 Å². The van der Waals surface area contributed by atoms with Gasteiger partial charge in [-0.1, -0.05) is 45.1 Å². The highest BCUT2D eigenvalue weighted by Gasteiger charge is 2.25. The van der Waals surface area contributed by atoms with Crippen LogP contribution in [0.2, 0.25) is 0 Å². The van der Waals surface area contributed by atoms with Crippen LogP contribution >= 0.6 is 0 Å². The topological polar surface area (TPSA) is 41.6 Å². The second kappa shape index (κ2) is 10.5. The minimum Gasteiger partial charge on any atom is -0.480 e. The van der Waals surface area contributed by atoms with Crippen molar-refractivity contribution in [3.8, 4) is 5.75 Å². The van der Waals surface area contributed by atoms with E-state index in [-0.39, 0.29) is 11.9 Å². The van der Waals surface area contributed by atoms with Gasteiger partial charge in [0.2, 0.25) is 0 Å². The predicted octanol–water partition coefficient (Wildman–Crippen LogP) is 5.60. The molecule has 2 aliphatic heterocycles. The van der Waals surface area contributed by atoms with Crippen LogP contribution in [0.15, 0.2) is 66.7 Å². The molecular weight excluding hydrogens is 348 g/mol. The Morgan fingerprint density at radius 2 is 2.14 bits per heavy atom. The lowest BCUT2D eigenvalue weighted by molar-refractivity contribution is -0.124. The molecule has 0 amide bonds. The van der Waals surface area contributed by atoms with Gasteiger partial charge in [-0.25, -0.2) is 0 Å². The normalized spacial score (nSPS) is 19.0. The minimum atomic E-state index is -0.333. The van der Waals surface area contributed by atoms with E-state index in [1.165, 1.54) is 12.0 Å². The Kier molecular flexibility index (Phi) is 8.12. The molecule has 1 aromatic carbocycles. The molecule has 0 fully saturated rings. The number of hydrogen-bond donors (Lipinski definition) is 1. The number of hydrogen-bond acceptors (Lipinski definition) is 4. The maximum absolute atomic E-state index is 11.7. The number of Topliss-reactive ketones (excluding diaryl/α,β-unsaturated/α-hetero) is 1. The second-order valence-corrected chi connectivity index (χ2v) is 6.95. The Morgan fingerprint density at radius 3 is 2.79 bits per heavy atom. The lowest BCUT2D eigenvalue weighted by atomic mass is 9.99. The number of rotatable bonds is 5. The summed E-state index contributed by atoms with van der Waals surface area (Å²) in [5.41, 5.74) is 4.36. The molecule has 4 heteroatoms. The Morgan fingerprint density at radius 1 is 1.39 bits per heavy atom. The molecule has 0 saturated heterocycles. The Hall–Kier alpha value is -2.75. The van der Waals surface area contributed by atoms with E-state index in [9.17, 15) is 4.79 Å². The number of carbonyl (C=O) groups is 1. The van der Waals surface area contributed by atoms with Crippen LogP contribution < -0.4 is 10.1 Å². The molecule has 150 valence electrons. The predicted molar refractivity (Wildman–Crippen MR) is 117 cm³/mol. The standard InChI is InChI=1S/C21H24N2O2.C3H8/c1-4-18-13-16(11-12-23(18)5-2)14-22-19-8-6-7-17-9-10-20(15(3)24)25-21(17)19;1-3-2/h4-8,11-13,20,22H,2,9-10,14H2,1,3H3;3H2,1-2H3/b18-4-;. The van der Waals surface area contributed by atoms with Gasteiger partial charge in [0.05, 0.1) is 5.69 Å². The van der Waals surface area contributed by atoms with Crippen LogP contribution in [-0.2, 0) is 11.2 Å². The third-order valence-corrected chi connectivity index (χ3v) is 4.54. The van der Waals surface area contributed by atoms with E-state index in [4.69, 9.17) is 4.74 Å². The largest absolute Gasteiger partial charge is 0.480 e. The summed E-state index contributed by atoms with van der Waals surface area (Å²) in [5.74, 6) is 0.897. The van der Waals surface area contributed by atoms with Gasteiger partial charge in [0.1, 0.15) is 5.75 Å². The molecule has 0 radical (unpaired) electrons. The zero-order valence-electron chi connectivity index (χ0n) is 17.5. The summed E-state index contributed by atoms with van der Waals surface area (Å²) in [6.07, 6.45) is 12.6. The smallest absolute Gasteiger partial charge is 0.170 e. The number of fused-ring (bicyclic) bond motifs is 1. The van der Waals surface area contributed by atoms with E-state index < -0.39 is 0 Å². The van der Waals surface area contributed by atoms with Gasteiger partial charge in [0, 0.05) is 24.6 Å². The first-order valence-electron chi connectivity index (χ1n) is 10.0. The molecule has 2 heterocycles. The van der Waals surface area contributed by atoms with Crippen LogP contribution in [0, 0.1) is 0 Å². The lowest BCUT2D eigenvalue weighted by Gasteiger charge is -2.27. The number of nitrogens with one attached hydrogen (secondary N) is 1. The molecule has 0 saturated carbocycles. The first kappa shape index (κ1) is 21.5. The van der Waals surface area contributed by atoms with Crippen LogP contribution in [0.4, 0.5) is 5.69 Å². The van der Waals surface area contributed by atoms with Crippen LogP contribution in [-0.4, -0.2) is 23.3 Å². The van der Waals surface area contributed by atoms with E-state index in [1.807, 2.05) is 30.2 Å². The molecule has 0 aliphatic carbocycles. The van der Waals surface area contributed by atoms with Crippen LogP contribution in [0.25, 0.3) is 0 Å². The first-order valence-corrected chi connectivity index (χ1v) is 10.0. The third kappa shape index (κ3) is 5.38. The highest BCUT2D eigenvalue weighted by atomic mass is 16.5. The monoisotopic (exact) mass is 380 g/mol. The fourth-order valence-electron chi connectivity index (χ4n) is 3.11. The molecule has 28 heavy (non-hydrogen) atoms. The van der Waals surface area contributed by atoms with E-state index in [0.717, 1.165) is 35.5 Å². The summed E-state index contributed by atoms with van der Waals surface area (Å²) < 4.78 is 5.96. The number of nitrogens with zero attached hydrogens (tertiary/aromatic N) is 1. The molecule has 1 N–H and O–H groups in total. The SMILES string of the molecule is C=CN1C=CC(CNc2cccc3c2OC(C(C)=O)CC3)=C/C1=C/C.CCC. The summed E-state index contributed by atoms with van der Waals surface area (Å²) in [7, 11) is 0. The molecule has 1 aromatic rings. The molecule has 0 aromatic heterocycles. The number of ether oxygens (including phenoxy) is 1. The number of allylic oxidation sites excluding steroid dienone is 2. The fraction of sp³-hybridized carbons (Fsp3) is 0.375. The highest BCUT2D eigenvalue weighted by molar-refractivity contribution is 5.81. The van der Waals surface area contributed by atoms with Crippen LogP contribution in [0.1, 0.15) is 46.1 Å². The van der Waals surface area contributed by atoms with E-state index in [2.05, 4.69) is 50.0 Å². The molecule has 0 bridgehead atoms. The third-order valence-electron chi connectivity index (χ3n) is 4.54. The molecule has 4 nitrogen and oxygen atoms in total. The van der Waals surface area contributed by atoms with E-state index in [0.29, 0.717) is 6.54 Å². The minimum absolute atomic E-state index is 0.0839. The van der Waals surface area contributed by atoms with Crippen LogP contribution in [0.3, 0.4) is 0 Å². The fourth-order valence-corrected chi connectivity index (χ4v) is 3.11. The molecule has 1 unspecified atom stereocenters. The van der Waals surface area contributed by atoms with Crippen molar-refractivity contribution in [1.82, 2.24) is 4.90 Å². The zero-order valence-corrected chi connectivity index (χ0v) is 17.5. The van der Waals surface area contributed by atoms with Gasteiger partial charge in [-0.15, -0.1) is 0 Å². The summed E-state index contributed by atoms with van der Waals surface area (Å²) in [6.45, 7) is 12.3. The number of para-hydroxylation sites is 1. The quantitative estimate of drug-likeness (QED) is 0.722. The van der Waals surface area contributed by atoms with Crippen molar-refractivity contribution in [2.45, 2.75) is 53.1 Å². The maximum Gasteiger partial charge on any atom is 0.170 e. The molecule has 0 spiro atoms. The Labute approximate surface area is 169 Å². The highest BCUT2D eigenvalue weighted by Crippen LogP contribution is 2.35. The number of benzene rings is 1. The number of ketones is 1. The first-order chi connectivity index (χ1) is 13.5. The van der Waals surface area contributed by atoms with E-state index in [1.54, 1.807) is 13.1 Å². The van der Waals surface area contributed by atoms with Gasteiger partial charge in [0.25, 0.3) is 0 Å². The maximum atomic E-state index is 11.7. The van der Waals surface area contributed by atoms with Gasteiger partial charge < -0.3 is 15.0 Å². The van der Waals surface area contributed by atoms with Crippen molar-refractivity contribution >= 4 is 11.5 Å². The van der Waals surface area contributed by atoms with Gasteiger partial charge >= 0.3 is 0 Å². The molecule has 2 aliphatic rings. The summed E-state index contributed by atoms with van der Waals surface area (Å²) in [6, 6.07) is 6.10. The van der Waals surface area contributed by atoms with Crippen LogP contribution in [0.5, 0.6) is 5.75 Å². The second-order valence-electron chi connectivity index (χ2n) is 6.95. The zero-order chi connectivity index (χ0) is 20.5. The van der Waals surface area contributed by atoms with Gasteiger partial charge in [-0.2, -0.15) is 0 Å². The summed E-state index contributed by atoms with van der Waals surface area (Å²) in [4.78, 5) is 13.7. The van der Waals surface area contributed by atoms with Crippen molar-refractivity contribution in [2.75, 3.05) is 11.9 Å². The van der Waals surface area contributed by atoms with Crippen molar-refractivity contribution in [2.24, 2.45) is 0 Å². The average Bonchev–Trinajstić information content (AvgIpc) is 2.72. The van der Waals surface area contributed by atoms with Crippen molar-refractivity contribution < 1.29 is 9.53 Å². The van der Waals surface area contributed by atoms with Gasteiger partial charge in [-0.3, -0.25) is 4.79 Å². The van der Waals surface area contributed by atoms with Gasteiger partial charge in [-0.05, 0) is 56.0 Å². The number of anilines is 1. The number of carbonyl (C=O) groups excluding carboxylic acids is 1.